The zero-order valence-corrected chi connectivity index (χ0v) is 14.0. The number of carbonyl (C=O) groups excluding carboxylic acids is 1. The molecule has 6 heteroatoms. The van der Waals surface area contributed by atoms with Crippen LogP contribution in [0, 0.1) is 0 Å². The lowest BCUT2D eigenvalue weighted by Crippen LogP contribution is -2.49. The first-order valence-electron chi connectivity index (χ1n) is 7.36. The maximum atomic E-state index is 12.5. The zero-order valence-electron chi connectivity index (χ0n) is 12.4. The van der Waals surface area contributed by atoms with Crippen LogP contribution in [-0.2, 0) is 10.2 Å². The number of aliphatic carboxylic acids is 1. The number of furan rings is 1. The smallest absolute Gasteiger partial charge is 0.314 e. The van der Waals surface area contributed by atoms with Crippen LogP contribution < -0.4 is 0 Å². The van der Waals surface area contributed by atoms with Gasteiger partial charge in [0.15, 0.2) is 0 Å². The molecule has 5 nitrogen and oxygen atoms in total. The van der Waals surface area contributed by atoms with E-state index in [1.807, 2.05) is 30.3 Å². The van der Waals surface area contributed by atoms with Gasteiger partial charge in [0.05, 0.1) is 16.2 Å². The first-order chi connectivity index (χ1) is 11.0. The van der Waals surface area contributed by atoms with Crippen LogP contribution in [0.2, 0.25) is 0 Å². The molecule has 0 aliphatic carbocycles. The number of nitrogens with zero attached hydrogens (tertiary/aromatic N) is 1. The van der Waals surface area contributed by atoms with Gasteiger partial charge in [-0.2, -0.15) is 0 Å². The number of likely N-dealkylation sites (tertiary alicyclic amines) is 1. The van der Waals surface area contributed by atoms with Crippen LogP contribution in [0.25, 0.3) is 0 Å². The average Bonchev–Trinajstić information content (AvgIpc) is 3.01. The Balaban J connectivity index is 1.80. The van der Waals surface area contributed by atoms with Crippen molar-refractivity contribution in [2.24, 2.45) is 0 Å². The van der Waals surface area contributed by atoms with Crippen molar-refractivity contribution in [2.45, 2.75) is 18.3 Å². The van der Waals surface area contributed by atoms with E-state index in [0.717, 1.165) is 5.56 Å². The number of hydrogen-bond donors (Lipinski definition) is 1. The maximum absolute atomic E-state index is 12.5. The van der Waals surface area contributed by atoms with Gasteiger partial charge in [-0.15, -0.1) is 0 Å². The second-order valence-electron chi connectivity index (χ2n) is 5.64. The van der Waals surface area contributed by atoms with Crippen LogP contribution in [0.3, 0.4) is 0 Å². The van der Waals surface area contributed by atoms with Crippen molar-refractivity contribution in [2.75, 3.05) is 13.1 Å². The van der Waals surface area contributed by atoms with Gasteiger partial charge < -0.3 is 14.4 Å². The molecule has 1 saturated heterocycles. The van der Waals surface area contributed by atoms with Crippen LogP contribution in [0.15, 0.2) is 51.6 Å². The summed E-state index contributed by atoms with van der Waals surface area (Å²) in [5, 5.41) is 9.77. The highest BCUT2D eigenvalue weighted by Crippen LogP contribution is 2.36. The Labute approximate surface area is 142 Å². The molecule has 3 rings (SSSR count). The molecule has 2 aromatic rings. The highest BCUT2D eigenvalue weighted by atomic mass is 79.9. The van der Waals surface area contributed by atoms with Gasteiger partial charge in [0.1, 0.15) is 0 Å². The van der Waals surface area contributed by atoms with Crippen molar-refractivity contribution in [1.29, 1.82) is 0 Å². The fraction of sp³-hybridized carbons (Fsp3) is 0.294. The third-order valence-corrected chi connectivity index (χ3v) is 5.08. The average molecular weight is 378 g/mol. The van der Waals surface area contributed by atoms with Crippen molar-refractivity contribution in [3.8, 4) is 0 Å². The van der Waals surface area contributed by atoms with Crippen LogP contribution in [0.4, 0.5) is 0 Å². The first kappa shape index (κ1) is 15.8. The Morgan fingerprint density at radius 1 is 1.13 bits per heavy atom. The highest BCUT2D eigenvalue weighted by Gasteiger charge is 2.44. The van der Waals surface area contributed by atoms with Crippen molar-refractivity contribution >= 4 is 27.8 Å². The Kier molecular flexibility index (Phi) is 4.26. The Morgan fingerprint density at radius 2 is 1.78 bits per heavy atom. The van der Waals surface area contributed by atoms with E-state index in [9.17, 15) is 14.7 Å². The summed E-state index contributed by atoms with van der Waals surface area (Å²) in [7, 11) is 0. The molecule has 0 unspecified atom stereocenters. The van der Waals surface area contributed by atoms with Gasteiger partial charge in [-0.3, -0.25) is 9.59 Å². The standard InChI is InChI=1S/C17H16BrNO4/c18-13-6-11-23-14(13)15(20)19-9-7-17(8-10-19,16(21)22)12-4-2-1-3-5-12/h1-6,11H,7-10H2,(H,21,22). The minimum atomic E-state index is -0.932. The summed E-state index contributed by atoms with van der Waals surface area (Å²) in [5.41, 5.74) is -0.142. The van der Waals surface area contributed by atoms with Gasteiger partial charge in [-0.1, -0.05) is 30.3 Å². The lowest BCUT2D eigenvalue weighted by atomic mass is 9.73. The number of benzene rings is 1. The zero-order chi connectivity index (χ0) is 16.4. The Morgan fingerprint density at radius 3 is 2.30 bits per heavy atom. The predicted molar refractivity (Wildman–Crippen MR) is 87.3 cm³/mol. The number of piperidine rings is 1. The topological polar surface area (TPSA) is 70.8 Å². The van der Waals surface area contributed by atoms with Crippen molar-refractivity contribution in [3.05, 3.63) is 58.5 Å². The Bertz CT molecular complexity index is 717. The van der Waals surface area contributed by atoms with Crippen molar-refractivity contribution in [1.82, 2.24) is 4.90 Å². The fourth-order valence-corrected chi connectivity index (χ4v) is 3.44. The second-order valence-corrected chi connectivity index (χ2v) is 6.50. The number of rotatable bonds is 3. The molecular weight excluding hydrogens is 362 g/mol. The van der Waals surface area contributed by atoms with E-state index in [1.54, 1.807) is 11.0 Å². The molecule has 0 bridgehead atoms. The number of carboxylic acid groups (broad SMARTS) is 1. The summed E-state index contributed by atoms with van der Waals surface area (Å²) >= 11 is 3.28. The van der Waals surface area contributed by atoms with Crippen molar-refractivity contribution < 1.29 is 19.1 Å². The van der Waals surface area contributed by atoms with E-state index in [0.29, 0.717) is 30.4 Å². The van der Waals surface area contributed by atoms with Gasteiger partial charge >= 0.3 is 5.97 Å². The third-order valence-electron chi connectivity index (χ3n) is 4.45. The van der Waals surface area contributed by atoms with E-state index in [2.05, 4.69) is 15.9 Å². The quantitative estimate of drug-likeness (QED) is 0.890. The molecule has 1 aliphatic rings. The summed E-state index contributed by atoms with van der Waals surface area (Å²) in [6, 6.07) is 10.9. The Hall–Kier alpha value is -2.08. The van der Waals surface area contributed by atoms with Crippen LogP contribution >= 0.6 is 15.9 Å². The van der Waals surface area contributed by atoms with Gasteiger partial charge in [0.25, 0.3) is 5.91 Å². The predicted octanol–water partition coefficient (Wildman–Crippen LogP) is 3.30. The fourth-order valence-electron chi connectivity index (χ4n) is 3.06. The van der Waals surface area contributed by atoms with Crippen LogP contribution in [-0.4, -0.2) is 35.0 Å². The summed E-state index contributed by atoms with van der Waals surface area (Å²) in [6.45, 7) is 0.764. The molecule has 0 spiro atoms. The summed E-state index contributed by atoms with van der Waals surface area (Å²) < 4.78 is 5.82. The first-order valence-corrected chi connectivity index (χ1v) is 8.15. The maximum Gasteiger partial charge on any atom is 0.314 e. The number of halogens is 1. The highest BCUT2D eigenvalue weighted by molar-refractivity contribution is 9.10. The largest absolute Gasteiger partial charge is 0.481 e. The second kappa shape index (κ2) is 6.20. The molecular formula is C17H16BrNO4. The van der Waals surface area contributed by atoms with Crippen LogP contribution in [0.5, 0.6) is 0 Å². The van der Waals surface area contributed by atoms with Gasteiger partial charge in [0, 0.05) is 13.1 Å². The monoisotopic (exact) mass is 377 g/mol. The van der Waals surface area contributed by atoms with E-state index >= 15 is 0 Å². The SMILES string of the molecule is O=C(c1occc1Br)N1CCC(C(=O)O)(c2ccccc2)CC1. The molecule has 1 fully saturated rings. The molecule has 120 valence electrons. The van der Waals surface area contributed by atoms with Gasteiger partial charge in [0.2, 0.25) is 5.76 Å². The number of carbonyl (C=O) groups is 2. The van der Waals surface area contributed by atoms with E-state index in [4.69, 9.17) is 4.42 Å². The van der Waals surface area contributed by atoms with Gasteiger partial charge in [-0.05, 0) is 40.4 Å². The molecule has 2 heterocycles. The molecule has 23 heavy (non-hydrogen) atoms. The molecule has 1 aromatic carbocycles. The molecule has 1 aromatic heterocycles. The number of carboxylic acids is 1. The lowest BCUT2D eigenvalue weighted by molar-refractivity contribution is -0.145. The minimum absolute atomic E-state index is 0.214. The minimum Gasteiger partial charge on any atom is -0.481 e. The molecule has 0 atom stereocenters. The van der Waals surface area contributed by atoms with Gasteiger partial charge in [-0.25, -0.2) is 0 Å². The third kappa shape index (κ3) is 2.79. The molecule has 1 N–H and O–H groups in total. The molecule has 1 amide bonds. The van der Waals surface area contributed by atoms with Crippen molar-refractivity contribution in [3.63, 3.8) is 0 Å². The van der Waals surface area contributed by atoms with E-state index < -0.39 is 11.4 Å². The van der Waals surface area contributed by atoms with E-state index in [1.165, 1.54) is 6.26 Å². The molecule has 1 aliphatic heterocycles. The molecule has 0 radical (unpaired) electrons. The summed E-state index contributed by atoms with van der Waals surface area (Å²) in [6.07, 6.45) is 2.22. The van der Waals surface area contributed by atoms with Crippen LogP contribution in [0.1, 0.15) is 29.0 Å². The number of amides is 1. The molecule has 0 saturated carbocycles. The summed E-state index contributed by atoms with van der Waals surface area (Å²) in [4.78, 5) is 26.0. The lowest BCUT2D eigenvalue weighted by Gasteiger charge is -2.39. The van der Waals surface area contributed by atoms with E-state index in [-0.39, 0.29) is 11.7 Å². The number of hydrogen-bond acceptors (Lipinski definition) is 3. The summed E-state index contributed by atoms with van der Waals surface area (Å²) in [5.74, 6) is -0.795. The normalized spacial score (nSPS) is 17.0.